The second kappa shape index (κ2) is 11.1. The Hall–Kier alpha value is -3.77. The van der Waals surface area contributed by atoms with Gasteiger partial charge in [-0.05, 0) is 23.6 Å². The molecule has 1 aliphatic rings. The van der Waals surface area contributed by atoms with Gasteiger partial charge in [-0.15, -0.1) is 0 Å². The van der Waals surface area contributed by atoms with Gasteiger partial charge < -0.3 is 20.3 Å². The maximum Gasteiger partial charge on any atom is 0.434 e. The molecule has 0 bridgehead atoms. The van der Waals surface area contributed by atoms with E-state index < -0.39 is 54.3 Å². The SMILES string of the molecule is CN/C=C(\C(=N)C(=O)N1CC(F)(F)C[C@@H](C)C1CNc1cnc(C(F)(F)F)cn1)c1ccc(OC)cc1. The summed E-state index contributed by atoms with van der Waals surface area (Å²) in [5.74, 6) is -4.21. The molecule has 2 atom stereocenters. The number of carbonyl (C=O) groups is 1. The zero-order chi connectivity index (χ0) is 27.4. The molecule has 13 heteroatoms. The first-order chi connectivity index (χ1) is 17.4. The summed E-state index contributed by atoms with van der Waals surface area (Å²) in [6.07, 6.45) is -2.27. The molecular formula is C24H27F5N6O2. The number of likely N-dealkylation sites (tertiary alicyclic amines) is 1. The molecule has 2 aromatic rings. The molecule has 1 fully saturated rings. The minimum absolute atomic E-state index is 0.00555. The number of piperidine rings is 1. The summed E-state index contributed by atoms with van der Waals surface area (Å²) in [7, 11) is 3.07. The summed E-state index contributed by atoms with van der Waals surface area (Å²) in [5.41, 5.74) is -0.975. The molecule has 0 spiro atoms. The van der Waals surface area contributed by atoms with E-state index in [1.807, 2.05) is 0 Å². The predicted octanol–water partition coefficient (Wildman–Crippen LogP) is 4.07. The molecule has 3 rings (SSSR count). The van der Waals surface area contributed by atoms with E-state index in [1.54, 1.807) is 38.2 Å². The van der Waals surface area contributed by atoms with E-state index in [2.05, 4.69) is 20.6 Å². The van der Waals surface area contributed by atoms with Crippen LogP contribution in [0.1, 0.15) is 24.6 Å². The third-order valence-electron chi connectivity index (χ3n) is 5.95. The highest BCUT2D eigenvalue weighted by Gasteiger charge is 2.46. The van der Waals surface area contributed by atoms with Crippen molar-refractivity contribution in [2.75, 3.05) is 32.6 Å². The van der Waals surface area contributed by atoms with Crippen LogP contribution < -0.4 is 15.4 Å². The Balaban J connectivity index is 1.84. The van der Waals surface area contributed by atoms with Crippen LogP contribution in [0, 0.1) is 11.3 Å². The first kappa shape index (κ1) is 27.8. The molecule has 1 unspecified atom stereocenters. The predicted molar refractivity (Wildman–Crippen MR) is 128 cm³/mol. The van der Waals surface area contributed by atoms with Gasteiger partial charge >= 0.3 is 6.18 Å². The lowest BCUT2D eigenvalue weighted by atomic mass is 9.87. The van der Waals surface area contributed by atoms with Crippen molar-refractivity contribution >= 4 is 23.0 Å². The molecule has 3 N–H and O–H groups in total. The van der Waals surface area contributed by atoms with Gasteiger partial charge in [0.1, 0.15) is 17.3 Å². The fraction of sp³-hybridized carbons (Fsp3) is 0.417. The van der Waals surface area contributed by atoms with Gasteiger partial charge in [0.25, 0.3) is 11.8 Å². The Morgan fingerprint density at radius 1 is 1.24 bits per heavy atom. The summed E-state index contributed by atoms with van der Waals surface area (Å²) in [6, 6.07) is 5.78. The van der Waals surface area contributed by atoms with Crippen LogP contribution in [-0.4, -0.2) is 65.7 Å². The Kier molecular flexibility index (Phi) is 8.34. The fourth-order valence-corrected chi connectivity index (χ4v) is 4.13. The Morgan fingerprint density at radius 2 is 1.92 bits per heavy atom. The number of hydrogen-bond donors (Lipinski definition) is 3. The molecule has 0 aliphatic carbocycles. The molecule has 8 nitrogen and oxygen atoms in total. The van der Waals surface area contributed by atoms with Crippen LogP contribution >= 0.6 is 0 Å². The van der Waals surface area contributed by atoms with Gasteiger partial charge in [-0.3, -0.25) is 10.2 Å². The van der Waals surface area contributed by atoms with Crippen molar-refractivity contribution < 1.29 is 31.5 Å². The van der Waals surface area contributed by atoms with Crippen LogP contribution in [0.15, 0.2) is 42.9 Å². The number of ether oxygens (including phenoxy) is 1. The number of amides is 1. The van der Waals surface area contributed by atoms with E-state index in [9.17, 15) is 26.7 Å². The number of nitrogens with one attached hydrogen (secondary N) is 3. The molecule has 37 heavy (non-hydrogen) atoms. The monoisotopic (exact) mass is 526 g/mol. The molecule has 0 saturated carbocycles. The molecule has 1 aliphatic heterocycles. The van der Waals surface area contributed by atoms with Crippen LogP contribution in [0.5, 0.6) is 5.75 Å². The molecule has 1 saturated heterocycles. The number of carbonyl (C=O) groups excluding carboxylic acids is 1. The first-order valence-electron chi connectivity index (χ1n) is 11.3. The number of anilines is 1. The molecule has 2 heterocycles. The van der Waals surface area contributed by atoms with Crippen molar-refractivity contribution in [3.05, 3.63) is 54.1 Å². The summed E-state index contributed by atoms with van der Waals surface area (Å²) < 4.78 is 72.4. The van der Waals surface area contributed by atoms with E-state index in [0.717, 1.165) is 11.1 Å². The highest BCUT2D eigenvalue weighted by molar-refractivity contribution is 6.54. The third-order valence-corrected chi connectivity index (χ3v) is 5.95. The second-order valence-corrected chi connectivity index (χ2v) is 8.65. The topological polar surface area (TPSA) is 103 Å². The quantitative estimate of drug-likeness (QED) is 0.354. The van der Waals surface area contributed by atoms with Crippen LogP contribution in [0.25, 0.3) is 5.57 Å². The lowest BCUT2D eigenvalue weighted by molar-refractivity contribution is -0.145. The summed E-state index contributed by atoms with van der Waals surface area (Å²) in [4.78, 5) is 21.4. The highest BCUT2D eigenvalue weighted by atomic mass is 19.4. The van der Waals surface area contributed by atoms with Crippen LogP contribution in [-0.2, 0) is 11.0 Å². The zero-order valence-electron chi connectivity index (χ0n) is 20.4. The van der Waals surface area contributed by atoms with Gasteiger partial charge in [-0.2, -0.15) is 13.2 Å². The van der Waals surface area contributed by atoms with Gasteiger partial charge in [-0.1, -0.05) is 19.1 Å². The molecular weight excluding hydrogens is 499 g/mol. The number of alkyl halides is 5. The van der Waals surface area contributed by atoms with E-state index in [-0.39, 0.29) is 17.9 Å². The Morgan fingerprint density at radius 3 is 2.46 bits per heavy atom. The molecule has 1 amide bonds. The number of hydrogen-bond acceptors (Lipinski definition) is 7. The average Bonchev–Trinajstić information content (AvgIpc) is 2.85. The van der Waals surface area contributed by atoms with Crippen molar-refractivity contribution in [1.29, 1.82) is 5.41 Å². The average molecular weight is 527 g/mol. The van der Waals surface area contributed by atoms with E-state index >= 15 is 0 Å². The minimum Gasteiger partial charge on any atom is -0.497 e. The summed E-state index contributed by atoms with van der Waals surface area (Å²) in [5, 5.41) is 14.1. The number of nitrogens with zero attached hydrogens (tertiary/aromatic N) is 3. The Bertz CT molecular complexity index is 1140. The van der Waals surface area contributed by atoms with E-state index in [0.29, 0.717) is 17.5 Å². The van der Waals surface area contributed by atoms with Crippen molar-refractivity contribution in [2.24, 2.45) is 5.92 Å². The van der Waals surface area contributed by atoms with Crippen LogP contribution in [0.4, 0.5) is 27.8 Å². The van der Waals surface area contributed by atoms with Gasteiger partial charge in [0.05, 0.1) is 32.1 Å². The lowest BCUT2D eigenvalue weighted by Crippen LogP contribution is -2.58. The first-order valence-corrected chi connectivity index (χ1v) is 11.3. The number of benzene rings is 1. The Labute approximate surface area is 210 Å². The molecule has 200 valence electrons. The van der Waals surface area contributed by atoms with Gasteiger partial charge in [-0.25, -0.2) is 18.7 Å². The zero-order valence-corrected chi connectivity index (χ0v) is 20.4. The summed E-state index contributed by atoms with van der Waals surface area (Å²) >= 11 is 0. The second-order valence-electron chi connectivity index (χ2n) is 8.65. The summed E-state index contributed by atoms with van der Waals surface area (Å²) in [6.45, 7) is 0.568. The largest absolute Gasteiger partial charge is 0.497 e. The number of methoxy groups -OCH3 is 1. The maximum atomic E-state index is 14.5. The molecule has 1 aromatic carbocycles. The minimum atomic E-state index is -4.65. The van der Waals surface area contributed by atoms with Gasteiger partial charge in [0.15, 0.2) is 5.69 Å². The number of halogens is 5. The fourth-order valence-electron chi connectivity index (χ4n) is 4.13. The standard InChI is InChI=1S/C24H27F5N6O2/c1-14-8-23(25,26)13-35(18(14)10-33-20-12-32-19(11-34-20)24(27,28)29)22(36)21(30)17(9-31-2)15-4-6-16(37-3)7-5-15/h4-7,9,11-12,14,18,30-31H,8,10,13H2,1-3H3,(H,33,34)/b17-9-,30-21?/t14-,18?/m1/s1. The van der Waals surface area contributed by atoms with Crippen molar-refractivity contribution in [3.8, 4) is 5.75 Å². The lowest BCUT2D eigenvalue weighted by Gasteiger charge is -2.43. The number of rotatable bonds is 8. The smallest absolute Gasteiger partial charge is 0.434 e. The van der Waals surface area contributed by atoms with Crippen LogP contribution in [0.3, 0.4) is 0 Å². The van der Waals surface area contributed by atoms with Crippen molar-refractivity contribution in [2.45, 2.75) is 31.5 Å². The van der Waals surface area contributed by atoms with Gasteiger partial charge in [0.2, 0.25) is 0 Å². The van der Waals surface area contributed by atoms with E-state index in [4.69, 9.17) is 10.1 Å². The normalized spacial score (nSPS) is 19.8. The maximum absolute atomic E-state index is 14.5. The van der Waals surface area contributed by atoms with E-state index in [1.165, 1.54) is 13.3 Å². The van der Waals surface area contributed by atoms with Crippen molar-refractivity contribution in [1.82, 2.24) is 20.2 Å². The molecule has 1 aromatic heterocycles. The number of aromatic nitrogens is 2. The van der Waals surface area contributed by atoms with Crippen molar-refractivity contribution in [3.63, 3.8) is 0 Å². The third kappa shape index (κ3) is 6.71. The van der Waals surface area contributed by atoms with Gasteiger partial charge in [0, 0.05) is 31.8 Å². The van der Waals surface area contributed by atoms with Crippen LogP contribution in [0.2, 0.25) is 0 Å². The molecule has 0 radical (unpaired) electrons. The highest BCUT2D eigenvalue weighted by Crippen LogP contribution is 2.35.